The number of rotatable bonds is 6. The number of benzene rings is 3. The van der Waals surface area contributed by atoms with Gasteiger partial charge < -0.3 is 15.4 Å². The lowest BCUT2D eigenvalue weighted by atomic mass is 10.1. The van der Waals surface area contributed by atoms with Crippen molar-refractivity contribution in [2.24, 2.45) is 0 Å². The van der Waals surface area contributed by atoms with Crippen molar-refractivity contribution in [3.63, 3.8) is 0 Å². The van der Waals surface area contributed by atoms with Gasteiger partial charge in [0.05, 0.1) is 22.8 Å². The van der Waals surface area contributed by atoms with Crippen LogP contribution in [-0.4, -0.2) is 30.1 Å². The maximum atomic E-state index is 12.8. The Kier molecular flexibility index (Phi) is 5.48. The molecule has 156 valence electrons. The number of carbonyl (C=O) groups excluding carboxylic acids is 2. The van der Waals surface area contributed by atoms with Crippen LogP contribution < -0.4 is 15.5 Å². The number of nitro groups is 1. The molecule has 0 unspecified atom stereocenters. The number of cyclic esters (lactones) is 1. The summed E-state index contributed by atoms with van der Waals surface area (Å²) < 4.78 is 4.96. The number of nitrogens with one attached hydrogen (secondary N) is 2. The predicted molar refractivity (Wildman–Crippen MR) is 116 cm³/mol. The first-order valence-electron chi connectivity index (χ1n) is 9.48. The molecule has 0 aliphatic carbocycles. The Balaban J connectivity index is 1.59. The highest BCUT2D eigenvalue weighted by Crippen LogP contribution is 2.31. The number of nitro benzene ring substituents is 1. The highest BCUT2D eigenvalue weighted by molar-refractivity contribution is 6.08. The van der Waals surface area contributed by atoms with Gasteiger partial charge >= 0.3 is 6.09 Å². The van der Waals surface area contributed by atoms with Gasteiger partial charge in [-0.15, -0.1) is 0 Å². The lowest BCUT2D eigenvalue weighted by Gasteiger charge is -2.17. The van der Waals surface area contributed by atoms with Gasteiger partial charge in [-0.2, -0.15) is 0 Å². The van der Waals surface area contributed by atoms with Crippen molar-refractivity contribution in [1.82, 2.24) is 0 Å². The zero-order valence-electron chi connectivity index (χ0n) is 16.3. The summed E-state index contributed by atoms with van der Waals surface area (Å²) >= 11 is 0. The molecular weight excluding hydrogens is 400 g/mol. The van der Waals surface area contributed by atoms with Crippen LogP contribution in [0.1, 0.15) is 10.4 Å². The van der Waals surface area contributed by atoms with Gasteiger partial charge in [0.2, 0.25) is 0 Å². The summed E-state index contributed by atoms with van der Waals surface area (Å²) in [6.07, 6.45) is -0.492. The first kappa shape index (κ1) is 19.9. The van der Waals surface area contributed by atoms with Crippen LogP contribution in [0.25, 0.3) is 0 Å². The first-order valence-corrected chi connectivity index (χ1v) is 9.48. The first-order chi connectivity index (χ1) is 15.0. The average molecular weight is 418 g/mol. The van der Waals surface area contributed by atoms with E-state index in [1.165, 1.54) is 23.1 Å². The SMILES string of the molecule is O=C(Nc1ccccc1N1CCOC1=O)c1ccc(Nc2ccccc2)c([N+](=O)[O-])c1. The molecular formula is C22H18N4O5. The van der Waals surface area contributed by atoms with E-state index in [1.807, 2.05) is 18.2 Å². The second kappa shape index (κ2) is 8.54. The standard InChI is InChI=1S/C22H18N4O5/c27-21(24-17-8-4-5-9-19(17)25-12-13-31-22(25)28)15-10-11-18(20(14-15)26(29)30)23-16-6-2-1-3-7-16/h1-11,14,23H,12-13H2,(H,24,27). The third-order valence-electron chi connectivity index (χ3n) is 4.71. The van der Waals surface area contributed by atoms with Crippen molar-refractivity contribution >= 4 is 40.4 Å². The summed E-state index contributed by atoms with van der Waals surface area (Å²) in [6.45, 7) is 0.639. The summed E-state index contributed by atoms with van der Waals surface area (Å²) in [7, 11) is 0. The maximum absolute atomic E-state index is 12.8. The second-order valence-corrected chi connectivity index (χ2v) is 6.72. The van der Waals surface area contributed by atoms with Crippen molar-refractivity contribution in [3.8, 4) is 0 Å². The molecule has 1 heterocycles. The molecule has 0 saturated carbocycles. The van der Waals surface area contributed by atoms with E-state index in [9.17, 15) is 19.7 Å². The van der Waals surface area contributed by atoms with E-state index < -0.39 is 16.9 Å². The number of hydrogen-bond donors (Lipinski definition) is 2. The van der Waals surface area contributed by atoms with Crippen molar-refractivity contribution < 1.29 is 19.2 Å². The van der Waals surface area contributed by atoms with E-state index in [0.717, 1.165) is 0 Å². The summed E-state index contributed by atoms with van der Waals surface area (Å²) in [6, 6.07) is 20.0. The lowest BCUT2D eigenvalue weighted by Crippen LogP contribution is -2.25. The van der Waals surface area contributed by atoms with E-state index in [0.29, 0.717) is 23.6 Å². The van der Waals surface area contributed by atoms with Crippen molar-refractivity contribution in [1.29, 1.82) is 0 Å². The molecule has 9 heteroatoms. The molecule has 31 heavy (non-hydrogen) atoms. The Morgan fingerprint density at radius 1 is 1.00 bits per heavy atom. The normalized spacial score (nSPS) is 12.9. The average Bonchev–Trinajstić information content (AvgIpc) is 3.20. The summed E-state index contributed by atoms with van der Waals surface area (Å²) in [5, 5.41) is 17.3. The van der Waals surface area contributed by atoms with E-state index in [2.05, 4.69) is 10.6 Å². The molecule has 4 rings (SSSR count). The molecule has 0 atom stereocenters. The number of carbonyl (C=O) groups is 2. The molecule has 0 bridgehead atoms. The molecule has 3 aromatic rings. The molecule has 1 fully saturated rings. The van der Waals surface area contributed by atoms with Crippen LogP contribution >= 0.6 is 0 Å². The predicted octanol–water partition coefficient (Wildman–Crippen LogP) is 4.55. The quantitative estimate of drug-likeness (QED) is 0.448. The molecule has 2 N–H and O–H groups in total. The third kappa shape index (κ3) is 4.30. The van der Waals surface area contributed by atoms with E-state index >= 15 is 0 Å². The van der Waals surface area contributed by atoms with Crippen LogP contribution in [0.15, 0.2) is 72.8 Å². The number of anilines is 4. The topological polar surface area (TPSA) is 114 Å². The van der Waals surface area contributed by atoms with Crippen LogP contribution in [0.4, 0.5) is 33.2 Å². The van der Waals surface area contributed by atoms with Crippen molar-refractivity contribution in [2.45, 2.75) is 0 Å². The minimum atomic E-state index is -0.545. The van der Waals surface area contributed by atoms with Gasteiger partial charge in [-0.25, -0.2) is 4.79 Å². The summed E-state index contributed by atoms with van der Waals surface area (Å²) in [5.74, 6) is -0.533. The summed E-state index contributed by atoms with van der Waals surface area (Å²) in [5.41, 5.74) is 1.75. The van der Waals surface area contributed by atoms with Gasteiger partial charge in [0, 0.05) is 17.3 Å². The Labute approximate surface area is 177 Å². The Morgan fingerprint density at radius 2 is 1.74 bits per heavy atom. The number of para-hydroxylation sites is 3. The lowest BCUT2D eigenvalue weighted by molar-refractivity contribution is -0.383. The highest BCUT2D eigenvalue weighted by atomic mass is 16.6. The monoisotopic (exact) mass is 418 g/mol. The minimum absolute atomic E-state index is 0.115. The fourth-order valence-electron chi connectivity index (χ4n) is 3.23. The van der Waals surface area contributed by atoms with Crippen LogP contribution in [0.5, 0.6) is 0 Å². The van der Waals surface area contributed by atoms with Crippen LogP contribution in [0, 0.1) is 10.1 Å². The number of nitrogens with zero attached hydrogens (tertiary/aromatic N) is 2. The van der Waals surface area contributed by atoms with Crippen LogP contribution in [0.2, 0.25) is 0 Å². The molecule has 3 aromatic carbocycles. The number of ether oxygens (including phenoxy) is 1. The van der Waals surface area contributed by atoms with Crippen molar-refractivity contribution in [3.05, 3.63) is 88.5 Å². The highest BCUT2D eigenvalue weighted by Gasteiger charge is 2.26. The third-order valence-corrected chi connectivity index (χ3v) is 4.71. The minimum Gasteiger partial charge on any atom is -0.447 e. The number of amides is 2. The summed E-state index contributed by atoms with van der Waals surface area (Å²) in [4.78, 5) is 37.2. The van der Waals surface area contributed by atoms with E-state index in [-0.39, 0.29) is 23.5 Å². The maximum Gasteiger partial charge on any atom is 0.414 e. The van der Waals surface area contributed by atoms with Gasteiger partial charge in [-0.3, -0.25) is 19.8 Å². The Morgan fingerprint density at radius 3 is 2.45 bits per heavy atom. The van der Waals surface area contributed by atoms with Gasteiger partial charge in [0.25, 0.3) is 11.6 Å². The van der Waals surface area contributed by atoms with Gasteiger partial charge in [-0.05, 0) is 36.4 Å². The fraction of sp³-hybridized carbons (Fsp3) is 0.0909. The molecule has 0 spiro atoms. The molecule has 1 aliphatic rings. The largest absolute Gasteiger partial charge is 0.447 e. The van der Waals surface area contributed by atoms with Gasteiger partial charge in [0.15, 0.2) is 0 Å². The molecule has 0 radical (unpaired) electrons. The smallest absolute Gasteiger partial charge is 0.414 e. The van der Waals surface area contributed by atoms with Gasteiger partial charge in [0.1, 0.15) is 12.3 Å². The van der Waals surface area contributed by atoms with E-state index in [4.69, 9.17) is 4.74 Å². The molecule has 9 nitrogen and oxygen atoms in total. The molecule has 1 saturated heterocycles. The Bertz CT molecular complexity index is 1150. The zero-order valence-corrected chi connectivity index (χ0v) is 16.3. The zero-order chi connectivity index (χ0) is 21.8. The second-order valence-electron chi connectivity index (χ2n) is 6.72. The van der Waals surface area contributed by atoms with Crippen LogP contribution in [-0.2, 0) is 4.74 Å². The molecule has 2 amide bonds. The Hall–Kier alpha value is -4.40. The van der Waals surface area contributed by atoms with E-state index in [1.54, 1.807) is 36.4 Å². The van der Waals surface area contributed by atoms with Gasteiger partial charge in [-0.1, -0.05) is 30.3 Å². The number of hydrogen-bond acceptors (Lipinski definition) is 6. The fourth-order valence-corrected chi connectivity index (χ4v) is 3.23. The molecule has 0 aromatic heterocycles. The molecule has 1 aliphatic heterocycles. The van der Waals surface area contributed by atoms with Crippen LogP contribution in [0.3, 0.4) is 0 Å². The van der Waals surface area contributed by atoms with Crippen molar-refractivity contribution in [2.75, 3.05) is 28.7 Å².